The van der Waals surface area contributed by atoms with Crippen LogP contribution >= 0.6 is 0 Å². The minimum absolute atomic E-state index is 0.124. The first kappa shape index (κ1) is 18.3. The van der Waals surface area contributed by atoms with E-state index in [9.17, 15) is 14.7 Å². The number of benzene rings is 1. The summed E-state index contributed by atoms with van der Waals surface area (Å²) in [6.45, 7) is 10.9. The van der Waals surface area contributed by atoms with Crippen molar-refractivity contribution in [3.8, 4) is 17.3 Å². The van der Waals surface area contributed by atoms with Crippen molar-refractivity contribution < 1.29 is 14.6 Å². The summed E-state index contributed by atoms with van der Waals surface area (Å²) in [6, 6.07) is 0. The molecule has 0 saturated heterocycles. The number of aromatic amines is 1. The third-order valence-electron chi connectivity index (χ3n) is 6.15. The Labute approximate surface area is 162 Å². The molecular formula is C21H23N3O4. The number of pyridine rings is 1. The zero-order valence-electron chi connectivity index (χ0n) is 16.9. The van der Waals surface area contributed by atoms with E-state index in [1.807, 2.05) is 13.8 Å². The van der Waals surface area contributed by atoms with Crippen LogP contribution in [0.4, 0.5) is 0 Å². The number of hydrogen-bond donors (Lipinski definition) is 2. The lowest BCUT2D eigenvalue weighted by Gasteiger charge is -2.26. The second-order valence-electron chi connectivity index (χ2n) is 7.60. The molecule has 1 unspecified atom stereocenters. The number of aromatic nitrogens is 3. The molecule has 1 aliphatic heterocycles. The minimum Gasteiger partial charge on any atom is -0.506 e. The number of aryl methyl sites for hydroxylation is 2. The third kappa shape index (κ3) is 2.19. The van der Waals surface area contributed by atoms with Crippen molar-refractivity contribution in [2.24, 2.45) is 0 Å². The third-order valence-corrected chi connectivity index (χ3v) is 6.15. The van der Waals surface area contributed by atoms with Crippen molar-refractivity contribution in [2.75, 3.05) is 7.11 Å². The van der Waals surface area contributed by atoms with Crippen molar-refractivity contribution in [2.45, 2.75) is 47.1 Å². The van der Waals surface area contributed by atoms with E-state index in [0.717, 1.165) is 22.2 Å². The molecule has 146 valence electrons. The van der Waals surface area contributed by atoms with E-state index in [1.165, 1.54) is 18.2 Å². The fraction of sp³-hybridized carbons (Fsp3) is 0.381. The maximum atomic E-state index is 12.5. The average molecular weight is 381 g/mol. The minimum atomic E-state index is -0.856. The van der Waals surface area contributed by atoms with Gasteiger partial charge in [-0.3, -0.25) is 4.79 Å². The summed E-state index contributed by atoms with van der Waals surface area (Å²) in [4.78, 5) is 32.1. The first-order chi connectivity index (χ1) is 13.2. The number of esters is 1. The Morgan fingerprint density at radius 3 is 2.46 bits per heavy atom. The second-order valence-corrected chi connectivity index (χ2v) is 7.60. The number of nitrogens with one attached hydrogen (secondary N) is 1. The molecule has 0 radical (unpaired) electrons. The number of rotatable bonds is 1. The number of carbonyl (C=O) groups excluding carboxylic acids is 1. The van der Waals surface area contributed by atoms with E-state index in [1.54, 1.807) is 0 Å². The Morgan fingerprint density at radius 2 is 1.82 bits per heavy atom. The van der Waals surface area contributed by atoms with Gasteiger partial charge >= 0.3 is 5.97 Å². The molecule has 0 aliphatic carbocycles. The molecular weight excluding hydrogens is 358 g/mol. The Kier molecular flexibility index (Phi) is 3.89. The number of aromatic hydroxyl groups is 1. The number of H-pyrrole nitrogens is 1. The van der Waals surface area contributed by atoms with E-state index in [-0.39, 0.29) is 17.2 Å². The van der Waals surface area contributed by atoms with Crippen molar-refractivity contribution in [3.63, 3.8) is 0 Å². The summed E-state index contributed by atoms with van der Waals surface area (Å²) in [5.41, 5.74) is 6.56. The topological polar surface area (TPSA) is 97.2 Å². The van der Waals surface area contributed by atoms with Crippen LogP contribution < -0.4 is 5.56 Å². The molecule has 0 spiro atoms. The number of ether oxygens (including phenoxy) is 1. The summed E-state index contributed by atoms with van der Waals surface area (Å²) < 4.78 is 6.76. The molecule has 0 amide bonds. The van der Waals surface area contributed by atoms with Crippen LogP contribution in [0.1, 0.15) is 51.0 Å². The van der Waals surface area contributed by atoms with Gasteiger partial charge in [-0.15, -0.1) is 0 Å². The van der Waals surface area contributed by atoms with Crippen LogP contribution in [0.2, 0.25) is 0 Å². The smallest absolute Gasteiger partial charge is 0.347 e. The summed E-state index contributed by atoms with van der Waals surface area (Å²) in [7, 11) is 1.18. The van der Waals surface area contributed by atoms with Gasteiger partial charge in [0.1, 0.15) is 5.75 Å². The molecule has 2 aromatic heterocycles. The molecule has 2 N–H and O–H groups in total. The fourth-order valence-corrected chi connectivity index (χ4v) is 4.30. The molecule has 3 aromatic rings. The van der Waals surface area contributed by atoms with Gasteiger partial charge < -0.3 is 19.4 Å². The van der Waals surface area contributed by atoms with E-state index in [4.69, 9.17) is 4.98 Å². The predicted octanol–water partition coefficient (Wildman–Crippen LogP) is 3.23. The van der Waals surface area contributed by atoms with Crippen LogP contribution in [-0.4, -0.2) is 32.7 Å². The van der Waals surface area contributed by atoms with E-state index >= 15 is 0 Å². The quantitative estimate of drug-likeness (QED) is 0.631. The van der Waals surface area contributed by atoms with Gasteiger partial charge in [0.05, 0.1) is 23.8 Å². The largest absolute Gasteiger partial charge is 0.506 e. The van der Waals surface area contributed by atoms with Crippen molar-refractivity contribution in [1.29, 1.82) is 0 Å². The van der Waals surface area contributed by atoms with Gasteiger partial charge in [0.25, 0.3) is 5.56 Å². The molecule has 7 heteroatoms. The number of fused-ring (bicyclic) bond motifs is 5. The van der Waals surface area contributed by atoms with Crippen LogP contribution in [0.3, 0.4) is 0 Å². The van der Waals surface area contributed by atoms with Gasteiger partial charge in [-0.1, -0.05) is 6.92 Å². The number of hydrogen-bond acceptors (Lipinski definition) is 5. The number of methoxy groups -OCH3 is 1. The molecule has 1 atom stereocenters. The monoisotopic (exact) mass is 381 g/mol. The van der Waals surface area contributed by atoms with Crippen LogP contribution in [0.15, 0.2) is 4.79 Å². The molecule has 28 heavy (non-hydrogen) atoms. The predicted molar refractivity (Wildman–Crippen MR) is 106 cm³/mol. The normalized spacial score (nSPS) is 15.4. The SMILES string of the molecule is COC(=O)c1c(O)c2c([nH]c1=O)-c1nc3c(C)c(C)c(C)c(C)c3n1CC2C. The van der Waals surface area contributed by atoms with Gasteiger partial charge in [-0.2, -0.15) is 0 Å². The van der Waals surface area contributed by atoms with Crippen LogP contribution in [0.5, 0.6) is 5.75 Å². The van der Waals surface area contributed by atoms with Crippen molar-refractivity contribution in [1.82, 2.24) is 14.5 Å². The van der Waals surface area contributed by atoms with E-state index in [0.29, 0.717) is 23.6 Å². The first-order valence-corrected chi connectivity index (χ1v) is 9.23. The fourth-order valence-electron chi connectivity index (χ4n) is 4.30. The lowest BCUT2D eigenvalue weighted by molar-refractivity contribution is 0.0595. The maximum Gasteiger partial charge on any atom is 0.347 e. The number of nitrogens with zero attached hydrogens (tertiary/aromatic N) is 2. The Morgan fingerprint density at radius 1 is 1.18 bits per heavy atom. The Hall–Kier alpha value is -3.09. The van der Waals surface area contributed by atoms with Gasteiger partial charge in [0, 0.05) is 18.0 Å². The Balaban J connectivity index is 2.12. The maximum absolute atomic E-state index is 12.5. The highest BCUT2D eigenvalue weighted by atomic mass is 16.5. The summed E-state index contributed by atoms with van der Waals surface area (Å²) >= 11 is 0. The molecule has 1 aromatic carbocycles. The number of carbonyl (C=O) groups is 1. The highest BCUT2D eigenvalue weighted by Crippen LogP contribution is 2.43. The molecule has 4 rings (SSSR count). The van der Waals surface area contributed by atoms with Crippen molar-refractivity contribution in [3.05, 3.63) is 43.7 Å². The summed E-state index contributed by atoms with van der Waals surface area (Å²) in [6.07, 6.45) is 0. The van der Waals surface area contributed by atoms with E-state index in [2.05, 4.69) is 35.1 Å². The highest BCUT2D eigenvalue weighted by Gasteiger charge is 2.33. The van der Waals surface area contributed by atoms with Gasteiger partial charge in [-0.25, -0.2) is 9.78 Å². The molecule has 1 aliphatic rings. The zero-order valence-corrected chi connectivity index (χ0v) is 16.9. The molecule has 7 nitrogen and oxygen atoms in total. The molecule has 0 bridgehead atoms. The lowest BCUT2D eigenvalue weighted by atomic mass is 9.92. The molecule has 3 heterocycles. The molecule has 0 saturated carbocycles. The Bertz CT molecular complexity index is 1230. The van der Waals surface area contributed by atoms with Gasteiger partial charge in [0.2, 0.25) is 0 Å². The van der Waals surface area contributed by atoms with E-state index < -0.39 is 11.5 Å². The lowest BCUT2D eigenvalue weighted by Crippen LogP contribution is -2.25. The highest BCUT2D eigenvalue weighted by molar-refractivity contribution is 5.94. The number of imidazole rings is 1. The van der Waals surface area contributed by atoms with Gasteiger partial charge in [0.15, 0.2) is 11.4 Å². The van der Waals surface area contributed by atoms with Crippen LogP contribution in [0, 0.1) is 27.7 Å². The molecule has 0 fully saturated rings. The van der Waals surface area contributed by atoms with Gasteiger partial charge in [-0.05, 0) is 49.9 Å². The summed E-state index contributed by atoms with van der Waals surface area (Å²) in [5, 5.41) is 10.7. The summed E-state index contributed by atoms with van der Waals surface area (Å²) in [5.74, 6) is -0.701. The second kappa shape index (κ2) is 5.95. The van der Waals surface area contributed by atoms with Crippen molar-refractivity contribution >= 4 is 17.0 Å². The first-order valence-electron chi connectivity index (χ1n) is 9.23. The average Bonchev–Trinajstić information content (AvgIpc) is 3.03. The zero-order chi connectivity index (χ0) is 20.5. The van der Waals surface area contributed by atoms with Crippen LogP contribution in [0.25, 0.3) is 22.6 Å². The standard InChI is InChI=1S/C21H23N3O4/c1-8-7-24-17-12(5)10(3)9(2)11(4)15(17)22-19(24)16-13(8)18(25)14(20(26)23-16)21(27)28-6/h8H,7H2,1-6H3,(H2,23,25,26). The van der Waals surface area contributed by atoms with Crippen LogP contribution in [-0.2, 0) is 11.3 Å².